The summed E-state index contributed by atoms with van der Waals surface area (Å²) in [6, 6.07) is 2.73. The number of hydrogen-bond donors (Lipinski definition) is 0. The average molecular weight is 472 g/mol. The molecule has 0 saturated carbocycles. The number of aryl methyl sites for hydroxylation is 3. The van der Waals surface area contributed by atoms with Crippen LogP contribution in [0.15, 0.2) is 30.6 Å². The number of carbonyl (C=O) groups is 2. The lowest BCUT2D eigenvalue weighted by Crippen LogP contribution is -2.33. The van der Waals surface area contributed by atoms with Crippen molar-refractivity contribution in [3.05, 3.63) is 69.7 Å². The third-order valence-electron chi connectivity index (χ3n) is 5.44. The molecule has 172 valence electrons. The Hall–Kier alpha value is -3.27. The topological polar surface area (TPSA) is 79.3 Å². The highest BCUT2D eigenvalue weighted by Gasteiger charge is 2.37. The number of benzene rings is 1. The maximum Gasteiger partial charge on any atom is 0.326 e. The molecule has 1 atom stereocenters. The van der Waals surface area contributed by atoms with E-state index in [1.807, 2.05) is 13.8 Å². The Morgan fingerprint density at radius 1 is 1.15 bits per heavy atom. The van der Waals surface area contributed by atoms with Crippen LogP contribution >= 0.6 is 11.3 Å². The molecule has 4 rings (SSSR count). The van der Waals surface area contributed by atoms with Gasteiger partial charge >= 0.3 is 6.03 Å². The van der Waals surface area contributed by atoms with Gasteiger partial charge in [-0.25, -0.2) is 18.6 Å². The molecule has 1 aliphatic rings. The molecule has 0 N–H and O–H groups in total. The van der Waals surface area contributed by atoms with Gasteiger partial charge in [-0.05, 0) is 44.9 Å². The van der Waals surface area contributed by atoms with E-state index in [1.165, 1.54) is 28.4 Å². The molecule has 0 unspecified atom stereocenters. The first-order valence-corrected chi connectivity index (χ1v) is 11.3. The van der Waals surface area contributed by atoms with Crippen molar-refractivity contribution < 1.29 is 18.4 Å². The molecular weight excluding hydrogens is 448 g/mol. The van der Waals surface area contributed by atoms with E-state index in [1.54, 1.807) is 24.2 Å². The number of aromatic nitrogens is 3. The Morgan fingerprint density at radius 3 is 2.55 bits per heavy atom. The molecule has 33 heavy (non-hydrogen) atoms. The number of thiazole rings is 1. The van der Waals surface area contributed by atoms with Crippen molar-refractivity contribution in [3.8, 4) is 0 Å². The number of ketones is 1. The summed E-state index contributed by atoms with van der Waals surface area (Å²) in [5.41, 5.74) is 2.50. The fourth-order valence-electron chi connectivity index (χ4n) is 3.73. The molecule has 2 aromatic heterocycles. The maximum absolute atomic E-state index is 13.5. The number of halogens is 2. The van der Waals surface area contributed by atoms with Crippen LogP contribution in [0.1, 0.15) is 45.7 Å². The predicted octanol–water partition coefficient (Wildman–Crippen LogP) is 4.47. The fourth-order valence-corrected chi connectivity index (χ4v) is 4.76. The highest BCUT2D eigenvalue weighted by atomic mass is 32.1. The normalized spacial score (nSPS) is 16.0. The number of carbonyl (C=O) groups excluding carboxylic acids is 2. The standard InChI is InChI=1S/C23H23F2N5O2S/c1-13-9-27-19(10-26-13)4-5-20(31)21-15(3)28-22(33-21)30-11-14(2)29(23(30)32)12-16-6-17(24)8-18(25)7-16/h6-10,14H,4-5,11-12H2,1-3H3/t14-/m1/s1. The monoisotopic (exact) mass is 471 g/mol. The molecular formula is C23H23F2N5O2S. The third-order valence-corrected chi connectivity index (χ3v) is 6.66. The van der Waals surface area contributed by atoms with Gasteiger partial charge in [-0.15, -0.1) is 0 Å². The zero-order chi connectivity index (χ0) is 23.7. The Labute approximate surface area is 194 Å². The minimum absolute atomic E-state index is 0.0644. The van der Waals surface area contributed by atoms with E-state index in [0.717, 1.165) is 17.5 Å². The number of hydrogen-bond acceptors (Lipinski definition) is 6. The summed E-state index contributed by atoms with van der Waals surface area (Å²) in [5, 5.41) is 0.441. The zero-order valence-corrected chi connectivity index (χ0v) is 19.3. The minimum atomic E-state index is -0.684. The van der Waals surface area contributed by atoms with Gasteiger partial charge in [0, 0.05) is 37.5 Å². The van der Waals surface area contributed by atoms with Crippen molar-refractivity contribution in [2.45, 2.75) is 46.2 Å². The average Bonchev–Trinajstić information content (AvgIpc) is 3.27. The van der Waals surface area contributed by atoms with Gasteiger partial charge in [0.15, 0.2) is 10.9 Å². The van der Waals surface area contributed by atoms with Crippen LogP contribution < -0.4 is 4.90 Å². The van der Waals surface area contributed by atoms with E-state index in [-0.39, 0.29) is 30.8 Å². The summed E-state index contributed by atoms with van der Waals surface area (Å²) in [7, 11) is 0. The molecule has 3 aromatic rings. The first-order valence-electron chi connectivity index (χ1n) is 10.5. The van der Waals surface area contributed by atoms with Crippen molar-refractivity contribution in [2.24, 2.45) is 0 Å². The molecule has 0 bridgehead atoms. The van der Waals surface area contributed by atoms with Gasteiger partial charge in [-0.2, -0.15) is 0 Å². The molecule has 10 heteroatoms. The molecule has 1 aliphatic heterocycles. The van der Waals surface area contributed by atoms with Crippen LogP contribution in [0.5, 0.6) is 0 Å². The van der Waals surface area contributed by atoms with Crippen LogP contribution in [0.25, 0.3) is 0 Å². The van der Waals surface area contributed by atoms with E-state index in [4.69, 9.17) is 0 Å². The summed E-state index contributed by atoms with van der Waals surface area (Å²) in [4.78, 5) is 42.3. The zero-order valence-electron chi connectivity index (χ0n) is 18.5. The lowest BCUT2D eigenvalue weighted by Gasteiger charge is -2.20. The van der Waals surface area contributed by atoms with Crippen molar-refractivity contribution in [1.29, 1.82) is 0 Å². The number of Topliss-reactive ketones (excluding diaryl/α,β-unsaturated/α-hetero) is 1. The summed E-state index contributed by atoms with van der Waals surface area (Å²) < 4.78 is 27.1. The fraction of sp³-hybridized carbons (Fsp3) is 0.348. The Balaban J connectivity index is 1.45. The number of nitrogens with zero attached hydrogens (tertiary/aromatic N) is 5. The quantitative estimate of drug-likeness (QED) is 0.475. The van der Waals surface area contributed by atoms with E-state index in [9.17, 15) is 18.4 Å². The summed E-state index contributed by atoms with van der Waals surface area (Å²) in [6.07, 6.45) is 4.06. The molecule has 0 aliphatic carbocycles. The van der Waals surface area contributed by atoms with Gasteiger partial charge in [0.25, 0.3) is 0 Å². The molecule has 7 nitrogen and oxygen atoms in total. The van der Waals surface area contributed by atoms with E-state index in [2.05, 4.69) is 15.0 Å². The van der Waals surface area contributed by atoms with Gasteiger partial charge in [0.2, 0.25) is 0 Å². The number of urea groups is 1. The Morgan fingerprint density at radius 2 is 1.88 bits per heavy atom. The van der Waals surface area contributed by atoms with Crippen molar-refractivity contribution in [3.63, 3.8) is 0 Å². The first-order chi connectivity index (χ1) is 15.7. The maximum atomic E-state index is 13.5. The molecule has 1 aromatic carbocycles. The second kappa shape index (κ2) is 9.30. The van der Waals surface area contributed by atoms with Gasteiger partial charge in [-0.1, -0.05) is 11.3 Å². The Kier molecular flexibility index (Phi) is 6.46. The lowest BCUT2D eigenvalue weighted by molar-refractivity contribution is 0.0985. The second-order valence-electron chi connectivity index (χ2n) is 8.13. The van der Waals surface area contributed by atoms with Crippen LogP contribution in [0.3, 0.4) is 0 Å². The van der Waals surface area contributed by atoms with Gasteiger partial charge < -0.3 is 4.90 Å². The van der Waals surface area contributed by atoms with Crippen molar-refractivity contribution >= 4 is 28.3 Å². The molecule has 0 spiro atoms. The summed E-state index contributed by atoms with van der Waals surface area (Å²) >= 11 is 1.18. The molecule has 3 heterocycles. The highest BCUT2D eigenvalue weighted by molar-refractivity contribution is 7.17. The first kappa shape index (κ1) is 22.9. The highest BCUT2D eigenvalue weighted by Crippen LogP contribution is 2.32. The van der Waals surface area contributed by atoms with E-state index >= 15 is 0 Å². The van der Waals surface area contributed by atoms with Crippen LogP contribution in [0, 0.1) is 25.5 Å². The number of amides is 2. The smallest absolute Gasteiger partial charge is 0.315 e. The van der Waals surface area contributed by atoms with Gasteiger partial charge in [0.05, 0.1) is 28.5 Å². The predicted molar refractivity (Wildman–Crippen MR) is 120 cm³/mol. The van der Waals surface area contributed by atoms with Crippen LogP contribution in [0.2, 0.25) is 0 Å². The third kappa shape index (κ3) is 5.05. The van der Waals surface area contributed by atoms with Gasteiger partial charge in [0.1, 0.15) is 11.6 Å². The van der Waals surface area contributed by atoms with Crippen molar-refractivity contribution in [1.82, 2.24) is 19.9 Å². The van der Waals surface area contributed by atoms with E-state index < -0.39 is 11.6 Å². The number of anilines is 1. The van der Waals surface area contributed by atoms with Crippen LogP contribution in [-0.4, -0.2) is 44.3 Å². The summed E-state index contributed by atoms with van der Waals surface area (Å²) in [5.74, 6) is -1.43. The Bertz CT molecular complexity index is 1180. The number of rotatable bonds is 7. The van der Waals surface area contributed by atoms with Crippen LogP contribution in [-0.2, 0) is 13.0 Å². The molecule has 1 saturated heterocycles. The second-order valence-corrected chi connectivity index (χ2v) is 9.11. The molecule has 0 radical (unpaired) electrons. The van der Waals surface area contributed by atoms with Gasteiger partial charge in [-0.3, -0.25) is 19.7 Å². The molecule has 1 fully saturated rings. The lowest BCUT2D eigenvalue weighted by atomic mass is 10.1. The van der Waals surface area contributed by atoms with Crippen molar-refractivity contribution in [2.75, 3.05) is 11.4 Å². The van der Waals surface area contributed by atoms with Crippen LogP contribution in [0.4, 0.5) is 18.7 Å². The largest absolute Gasteiger partial charge is 0.326 e. The molecule has 2 amide bonds. The van der Waals surface area contributed by atoms with E-state index in [0.29, 0.717) is 34.2 Å². The summed E-state index contributed by atoms with van der Waals surface area (Å²) in [6.45, 7) is 5.91. The SMILES string of the molecule is Cc1cnc(CCC(=O)c2sc(N3C[C@@H](C)N(Cc4cc(F)cc(F)c4)C3=O)nc2C)cn1. The minimum Gasteiger partial charge on any atom is -0.315 e.